The normalized spacial score (nSPS) is 16.1. The van der Waals surface area contributed by atoms with E-state index >= 15 is 0 Å². The molecule has 8 heteroatoms. The summed E-state index contributed by atoms with van der Waals surface area (Å²) in [7, 11) is 1.63. The van der Waals surface area contributed by atoms with E-state index in [1.165, 1.54) is 4.52 Å². The van der Waals surface area contributed by atoms with E-state index in [9.17, 15) is 4.79 Å². The number of carbonyl (C=O) groups excluding carboxylic acids is 1. The van der Waals surface area contributed by atoms with Crippen molar-refractivity contribution < 1.29 is 14.3 Å². The smallest absolute Gasteiger partial charge is 0.251 e. The number of ether oxygens (including phenoxy) is 2. The van der Waals surface area contributed by atoms with Gasteiger partial charge in [0, 0.05) is 24.2 Å². The number of nitrogens with zero attached hydrogens (tertiary/aromatic N) is 4. The minimum Gasteiger partial charge on any atom is -0.493 e. The fourth-order valence-electron chi connectivity index (χ4n) is 2.97. The third-order valence-corrected chi connectivity index (χ3v) is 4.26. The predicted molar refractivity (Wildman–Crippen MR) is 88.8 cm³/mol. The fraction of sp³-hybridized carbons (Fsp3) is 0.294. The highest BCUT2D eigenvalue weighted by Crippen LogP contribution is 2.35. The number of amides is 1. The first kappa shape index (κ1) is 15.4. The Balaban J connectivity index is 1.40. The molecule has 8 nitrogen and oxygen atoms in total. The molecule has 128 valence electrons. The zero-order valence-corrected chi connectivity index (χ0v) is 13.7. The van der Waals surface area contributed by atoms with Crippen LogP contribution in [0.15, 0.2) is 36.5 Å². The molecule has 0 bridgehead atoms. The number of benzene rings is 1. The summed E-state index contributed by atoms with van der Waals surface area (Å²) in [5, 5.41) is 14.1. The third-order valence-electron chi connectivity index (χ3n) is 4.26. The first-order valence-corrected chi connectivity index (χ1v) is 7.99. The summed E-state index contributed by atoms with van der Waals surface area (Å²) in [5.41, 5.74) is 2.16. The minimum atomic E-state index is -0.151. The van der Waals surface area contributed by atoms with Crippen molar-refractivity contribution in [3.63, 3.8) is 0 Å². The van der Waals surface area contributed by atoms with Crippen molar-refractivity contribution in [3.05, 3.63) is 47.7 Å². The Hall–Kier alpha value is -3.16. The number of carbonyl (C=O) groups is 1. The van der Waals surface area contributed by atoms with E-state index in [0.717, 1.165) is 23.5 Å². The summed E-state index contributed by atoms with van der Waals surface area (Å²) in [5.74, 6) is 1.61. The Morgan fingerprint density at radius 1 is 1.44 bits per heavy atom. The standard InChI is InChI=1S/C17H17N5O3/c1-24-14-4-2-3-12-7-11(10-25-16(12)14)9-18-17(23)13-5-6-22-15(8-13)19-20-21-22/h2-6,8,11H,7,9-10H2,1H3,(H,18,23)/t11-/m1/s1. The molecule has 1 atom stereocenters. The van der Waals surface area contributed by atoms with Crippen LogP contribution in [0.2, 0.25) is 0 Å². The second kappa shape index (κ2) is 6.39. The molecule has 3 aromatic rings. The number of para-hydroxylation sites is 1. The topological polar surface area (TPSA) is 90.6 Å². The number of nitrogens with one attached hydrogen (secondary N) is 1. The van der Waals surface area contributed by atoms with Gasteiger partial charge in [-0.3, -0.25) is 4.79 Å². The molecule has 1 aliphatic rings. The molecule has 0 radical (unpaired) electrons. The number of methoxy groups -OCH3 is 1. The first-order chi connectivity index (χ1) is 12.2. The zero-order chi connectivity index (χ0) is 17.2. The van der Waals surface area contributed by atoms with Gasteiger partial charge in [0.1, 0.15) is 0 Å². The van der Waals surface area contributed by atoms with Crippen LogP contribution in [-0.4, -0.2) is 46.2 Å². The molecule has 1 amide bonds. The molecule has 2 aromatic heterocycles. The summed E-state index contributed by atoms with van der Waals surface area (Å²) in [6, 6.07) is 9.21. The van der Waals surface area contributed by atoms with Crippen LogP contribution in [0.5, 0.6) is 11.5 Å². The number of hydrogen-bond donors (Lipinski definition) is 1. The molecule has 4 rings (SSSR count). The van der Waals surface area contributed by atoms with Crippen LogP contribution in [-0.2, 0) is 6.42 Å². The van der Waals surface area contributed by atoms with Gasteiger partial charge in [-0.05, 0) is 40.6 Å². The number of pyridine rings is 1. The predicted octanol–water partition coefficient (Wildman–Crippen LogP) is 1.11. The molecule has 1 aliphatic heterocycles. The molecule has 0 saturated heterocycles. The van der Waals surface area contributed by atoms with Gasteiger partial charge in [-0.2, -0.15) is 0 Å². The Kier molecular flexibility index (Phi) is 3.93. The van der Waals surface area contributed by atoms with Gasteiger partial charge in [0.05, 0.1) is 13.7 Å². The van der Waals surface area contributed by atoms with Crippen LogP contribution in [0.1, 0.15) is 15.9 Å². The lowest BCUT2D eigenvalue weighted by Crippen LogP contribution is -2.34. The highest BCUT2D eigenvalue weighted by molar-refractivity contribution is 5.94. The van der Waals surface area contributed by atoms with Gasteiger partial charge in [-0.25, -0.2) is 4.52 Å². The monoisotopic (exact) mass is 339 g/mol. The second-order valence-electron chi connectivity index (χ2n) is 5.94. The molecule has 1 aromatic carbocycles. The van der Waals surface area contributed by atoms with Crippen LogP contribution < -0.4 is 14.8 Å². The average Bonchev–Trinajstić information content (AvgIpc) is 3.13. The van der Waals surface area contributed by atoms with Crippen LogP contribution in [0, 0.1) is 5.92 Å². The van der Waals surface area contributed by atoms with E-state index in [0.29, 0.717) is 24.4 Å². The molecule has 25 heavy (non-hydrogen) atoms. The Bertz CT molecular complexity index is 924. The van der Waals surface area contributed by atoms with Crippen molar-refractivity contribution in [2.24, 2.45) is 5.92 Å². The lowest BCUT2D eigenvalue weighted by molar-refractivity contribution is 0.0938. The summed E-state index contributed by atoms with van der Waals surface area (Å²) in [4.78, 5) is 12.3. The number of rotatable bonds is 4. The highest BCUT2D eigenvalue weighted by Gasteiger charge is 2.23. The average molecular weight is 339 g/mol. The Morgan fingerprint density at radius 2 is 2.36 bits per heavy atom. The number of fused-ring (bicyclic) bond motifs is 2. The van der Waals surface area contributed by atoms with Crippen molar-refractivity contribution >= 4 is 11.6 Å². The molecular formula is C17H17N5O3. The molecule has 0 spiro atoms. The van der Waals surface area contributed by atoms with E-state index in [1.54, 1.807) is 25.4 Å². The first-order valence-electron chi connectivity index (χ1n) is 7.99. The maximum atomic E-state index is 12.3. The van der Waals surface area contributed by atoms with E-state index in [4.69, 9.17) is 9.47 Å². The molecule has 1 N–H and O–H groups in total. The van der Waals surface area contributed by atoms with Crippen molar-refractivity contribution in [1.82, 2.24) is 25.4 Å². The molecule has 0 saturated carbocycles. The molecular weight excluding hydrogens is 322 g/mol. The lowest BCUT2D eigenvalue weighted by atomic mass is 9.96. The van der Waals surface area contributed by atoms with Crippen molar-refractivity contribution in [2.75, 3.05) is 20.3 Å². The maximum Gasteiger partial charge on any atom is 0.251 e. The molecule has 3 heterocycles. The SMILES string of the molecule is COc1cccc2c1OC[C@@H](CNC(=O)c1ccn3nnnc3c1)C2. The summed E-state index contributed by atoms with van der Waals surface area (Å²) in [6.45, 7) is 1.08. The van der Waals surface area contributed by atoms with Crippen molar-refractivity contribution in [1.29, 1.82) is 0 Å². The van der Waals surface area contributed by atoms with Gasteiger partial charge in [-0.1, -0.05) is 12.1 Å². The fourth-order valence-corrected chi connectivity index (χ4v) is 2.97. The molecule has 0 unspecified atom stereocenters. The Labute approximate surface area is 143 Å². The van der Waals surface area contributed by atoms with E-state index < -0.39 is 0 Å². The van der Waals surface area contributed by atoms with Gasteiger partial charge < -0.3 is 14.8 Å². The van der Waals surface area contributed by atoms with Gasteiger partial charge in [-0.15, -0.1) is 5.10 Å². The Morgan fingerprint density at radius 3 is 3.24 bits per heavy atom. The van der Waals surface area contributed by atoms with E-state index in [-0.39, 0.29) is 11.8 Å². The van der Waals surface area contributed by atoms with Gasteiger partial charge >= 0.3 is 0 Å². The molecule has 0 aliphatic carbocycles. The number of aromatic nitrogens is 4. The lowest BCUT2D eigenvalue weighted by Gasteiger charge is -2.26. The third kappa shape index (κ3) is 2.98. The van der Waals surface area contributed by atoms with Crippen molar-refractivity contribution in [2.45, 2.75) is 6.42 Å². The second-order valence-corrected chi connectivity index (χ2v) is 5.94. The number of tetrazole rings is 1. The number of hydrogen-bond acceptors (Lipinski definition) is 6. The zero-order valence-electron chi connectivity index (χ0n) is 13.7. The van der Waals surface area contributed by atoms with Gasteiger partial charge in [0.25, 0.3) is 5.91 Å². The van der Waals surface area contributed by atoms with Crippen molar-refractivity contribution in [3.8, 4) is 11.5 Å². The molecule has 0 fully saturated rings. The van der Waals surface area contributed by atoms with E-state index in [1.807, 2.05) is 18.2 Å². The van der Waals surface area contributed by atoms with Crippen LogP contribution in [0.25, 0.3) is 5.65 Å². The maximum absolute atomic E-state index is 12.3. The summed E-state index contributed by atoms with van der Waals surface area (Å²) >= 11 is 0. The van der Waals surface area contributed by atoms with Gasteiger partial charge in [0.2, 0.25) is 0 Å². The van der Waals surface area contributed by atoms with Crippen LogP contribution in [0.3, 0.4) is 0 Å². The highest BCUT2D eigenvalue weighted by atomic mass is 16.5. The summed E-state index contributed by atoms with van der Waals surface area (Å²) in [6.07, 6.45) is 2.50. The van der Waals surface area contributed by atoms with Crippen LogP contribution in [0.4, 0.5) is 0 Å². The quantitative estimate of drug-likeness (QED) is 0.766. The minimum absolute atomic E-state index is 0.151. The van der Waals surface area contributed by atoms with Gasteiger partial charge in [0.15, 0.2) is 17.1 Å². The largest absolute Gasteiger partial charge is 0.493 e. The van der Waals surface area contributed by atoms with E-state index in [2.05, 4.69) is 20.8 Å². The van der Waals surface area contributed by atoms with Crippen LogP contribution >= 0.6 is 0 Å². The summed E-state index contributed by atoms with van der Waals surface area (Å²) < 4.78 is 12.7.